The fourth-order valence-electron chi connectivity index (χ4n) is 3.85. The number of aromatic nitrogens is 1. The molecule has 130 valence electrons. The van der Waals surface area contributed by atoms with Gasteiger partial charge >= 0.3 is 0 Å². The Kier molecular flexibility index (Phi) is 5.56. The maximum atomic E-state index is 12.3. The summed E-state index contributed by atoms with van der Waals surface area (Å²) in [5, 5.41) is 4.52. The second kappa shape index (κ2) is 7.66. The Morgan fingerprint density at radius 1 is 1.12 bits per heavy atom. The van der Waals surface area contributed by atoms with E-state index in [2.05, 4.69) is 26.2 Å². The molecule has 2 fully saturated rings. The van der Waals surface area contributed by atoms with Gasteiger partial charge in [-0.2, -0.15) is 0 Å². The fourth-order valence-corrected chi connectivity index (χ4v) is 3.85. The molecule has 0 aliphatic carbocycles. The molecule has 0 saturated carbocycles. The molecule has 2 saturated heterocycles. The lowest BCUT2D eigenvalue weighted by Gasteiger charge is -2.32. The summed E-state index contributed by atoms with van der Waals surface area (Å²) in [6.07, 6.45) is 1.21. The normalized spacial score (nSPS) is 22.6. The fraction of sp³-hybridized carbons (Fsp3) is 0.500. The van der Waals surface area contributed by atoms with Crippen LogP contribution in [-0.2, 0) is 6.54 Å². The maximum Gasteiger partial charge on any atom is 0.252 e. The molecule has 0 spiro atoms. The average molecular weight is 349 g/mol. The molecule has 1 unspecified atom stereocenters. The third kappa shape index (κ3) is 3.64. The summed E-state index contributed by atoms with van der Waals surface area (Å²) in [6, 6.07) is 10.7. The Morgan fingerprint density at radius 3 is 2.75 bits per heavy atom. The molecule has 24 heavy (non-hydrogen) atoms. The number of nitrogens with one attached hydrogen (secondary N) is 2. The number of aromatic amines is 1. The largest absolute Gasteiger partial charge is 0.322 e. The summed E-state index contributed by atoms with van der Waals surface area (Å²) in [7, 11) is 0. The number of piperazine rings is 1. The van der Waals surface area contributed by atoms with Crippen molar-refractivity contribution in [3.05, 3.63) is 46.2 Å². The highest BCUT2D eigenvalue weighted by molar-refractivity contribution is 5.85. The summed E-state index contributed by atoms with van der Waals surface area (Å²) < 4.78 is 0. The van der Waals surface area contributed by atoms with E-state index in [4.69, 9.17) is 0 Å². The second-order valence-corrected chi connectivity index (χ2v) is 6.67. The molecule has 6 heteroatoms. The third-order valence-corrected chi connectivity index (χ3v) is 5.14. The summed E-state index contributed by atoms with van der Waals surface area (Å²) >= 11 is 0. The molecule has 2 aliphatic heterocycles. The topological polar surface area (TPSA) is 51.4 Å². The van der Waals surface area contributed by atoms with Gasteiger partial charge in [0.05, 0.1) is 0 Å². The number of hydrogen-bond acceptors (Lipinski definition) is 4. The number of hydrogen-bond donors (Lipinski definition) is 2. The molecule has 0 radical (unpaired) electrons. The van der Waals surface area contributed by atoms with E-state index in [1.165, 1.54) is 6.42 Å². The minimum Gasteiger partial charge on any atom is -0.322 e. The van der Waals surface area contributed by atoms with Crippen LogP contribution in [0, 0.1) is 0 Å². The van der Waals surface area contributed by atoms with Gasteiger partial charge in [-0.3, -0.25) is 14.6 Å². The molecular weight excluding hydrogens is 324 g/mol. The van der Waals surface area contributed by atoms with Gasteiger partial charge in [0.15, 0.2) is 0 Å². The average Bonchev–Trinajstić information content (AvgIpc) is 3.05. The van der Waals surface area contributed by atoms with E-state index in [0.29, 0.717) is 6.04 Å². The first kappa shape index (κ1) is 17.4. The summed E-state index contributed by atoms with van der Waals surface area (Å²) in [5.74, 6) is 0. The summed E-state index contributed by atoms with van der Waals surface area (Å²) in [5.41, 5.74) is 1.85. The highest BCUT2D eigenvalue weighted by Crippen LogP contribution is 2.18. The van der Waals surface area contributed by atoms with Gasteiger partial charge in [0.2, 0.25) is 0 Å². The van der Waals surface area contributed by atoms with Crippen molar-refractivity contribution >= 4 is 23.3 Å². The van der Waals surface area contributed by atoms with Gasteiger partial charge in [0.25, 0.3) is 5.56 Å². The van der Waals surface area contributed by atoms with E-state index >= 15 is 0 Å². The van der Waals surface area contributed by atoms with Crippen molar-refractivity contribution in [1.82, 2.24) is 20.1 Å². The van der Waals surface area contributed by atoms with E-state index in [1.807, 2.05) is 24.3 Å². The second-order valence-electron chi connectivity index (χ2n) is 6.67. The summed E-state index contributed by atoms with van der Waals surface area (Å²) in [4.78, 5) is 20.3. The molecule has 5 nitrogen and oxygen atoms in total. The number of H-pyrrole nitrogens is 1. The lowest BCUT2D eigenvalue weighted by atomic mass is 10.1. The number of rotatable bonds is 3. The highest BCUT2D eigenvalue weighted by atomic mass is 35.5. The van der Waals surface area contributed by atoms with Crippen LogP contribution in [-0.4, -0.2) is 60.1 Å². The molecule has 4 rings (SSSR count). The molecule has 2 N–H and O–H groups in total. The van der Waals surface area contributed by atoms with E-state index < -0.39 is 0 Å². The van der Waals surface area contributed by atoms with Crippen molar-refractivity contribution in [2.24, 2.45) is 0 Å². The van der Waals surface area contributed by atoms with Crippen molar-refractivity contribution in [1.29, 1.82) is 0 Å². The predicted molar refractivity (Wildman–Crippen MR) is 99.9 cm³/mol. The van der Waals surface area contributed by atoms with Gasteiger partial charge in [0, 0.05) is 62.9 Å². The zero-order valence-corrected chi connectivity index (χ0v) is 14.6. The Bertz CT molecular complexity index is 741. The maximum absolute atomic E-state index is 12.3. The number of benzene rings is 1. The smallest absolute Gasteiger partial charge is 0.252 e. The molecule has 3 heterocycles. The van der Waals surface area contributed by atoms with Gasteiger partial charge in [-0.1, -0.05) is 18.2 Å². The zero-order chi connectivity index (χ0) is 15.6. The van der Waals surface area contributed by atoms with Crippen LogP contribution in [0.5, 0.6) is 0 Å². The van der Waals surface area contributed by atoms with E-state index in [1.54, 1.807) is 0 Å². The first-order valence-electron chi connectivity index (χ1n) is 8.58. The van der Waals surface area contributed by atoms with Crippen LogP contribution >= 0.6 is 12.4 Å². The number of nitrogens with zero attached hydrogens (tertiary/aromatic N) is 2. The highest BCUT2D eigenvalue weighted by Gasteiger charge is 2.28. The minimum absolute atomic E-state index is 0. The Balaban J connectivity index is 0.00000169. The van der Waals surface area contributed by atoms with E-state index in [9.17, 15) is 4.79 Å². The van der Waals surface area contributed by atoms with Gasteiger partial charge < -0.3 is 10.3 Å². The lowest BCUT2D eigenvalue weighted by molar-refractivity contribution is 0.170. The van der Waals surface area contributed by atoms with Gasteiger partial charge in [0.1, 0.15) is 0 Å². The van der Waals surface area contributed by atoms with E-state index in [-0.39, 0.29) is 18.0 Å². The van der Waals surface area contributed by atoms with Gasteiger partial charge in [-0.15, -0.1) is 12.4 Å². The Labute approximate surface area is 148 Å². The van der Waals surface area contributed by atoms with Crippen molar-refractivity contribution in [2.75, 3.05) is 39.3 Å². The predicted octanol–water partition coefficient (Wildman–Crippen LogP) is 1.43. The monoisotopic (exact) mass is 348 g/mol. The standard InChI is InChI=1S/C18H24N4O.ClH/c23-18-15(11-14-3-1-2-4-17(14)20-18)12-21-8-5-16(13-21)22-9-6-19-7-10-22;/h1-4,11,16,19H,5-10,12-13H2,(H,20,23);1H. The van der Waals surface area contributed by atoms with E-state index in [0.717, 1.165) is 62.3 Å². The van der Waals surface area contributed by atoms with Crippen LogP contribution < -0.4 is 10.9 Å². The zero-order valence-electron chi connectivity index (χ0n) is 13.8. The number of likely N-dealkylation sites (tertiary alicyclic amines) is 1. The van der Waals surface area contributed by atoms with Crippen molar-refractivity contribution in [3.63, 3.8) is 0 Å². The van der Waals surface area contributed by atoms with Crippen LogP contribution in [0.4, 0.5) is 0 Å². The molecule has 1 aromatic heterocycles. The number of pyridine rings is 1. The van der Waals surface area contributed by atoms with Gasteiger partial charge in [-0.25, -0.2) is 0 Å². The Morgan fingerprint density at radius 2 is 1.92 bits per heavy atom. The molecule has 0 amide bonds. The van der Waals surface area contributed by atoms with Gasteiger partial charge in [-0.05, 0) is 23.9 Å². The first-order valence-corrected chi connectivity index (χ1v) is 8.58. The van der Waals surface area contributed by atoms with Crippen LogP contribution in [0.3, 0.4) is 0 Å². The number of fused-ring (bicyclic) bond motifs is 1. The molecule has 1 atom stereocenters. The molecule has 2 aromatic rings. The lowest BCUT2D eigenvalue weighted by Crippen LogP contribution is -2.49. The van der Waals surface area contributed by atoms with Crippen molar-refractivity contribution in [2.45, 2.75) is 19.0 Å². The van der Waals surface area contributed by atoms with Crippen molar-refractivity contribution < 1.29 is 0 Å². The SMILES string of the molecule is Cl.O=c1[nH]c2ccccc2cc1CN1CCC(N2CCNCC2)C1. The van der Waals surface area contributed by atoms with Crippen LogP contribution in [0.25, 0.3) is 10.9 Å². The molecule has 1 aromatic carbocycles. The van der Waals surface area contributed by atoms with Crippen LogP contribution in [0.15, 0.2) is 35.1 Å². The first-order chi connectivity index (χ1) is 11.3. The number of halogens is 1. The van der Waals surface area contributed by atoms with Crippen LogP contribution in [0.2, 0.25) is 0 Å². The third-order valence-electron chi connectivity index (χ3n) is 5.14. The van der Waals surface area contributed by atoms with Crippen molar-refractivity contribution in [3.8, 4) is 0 Å². The Hall–Kier alpha value is -1.40. The quantitative estimate of drug-likeness (QED) is 0.881. The molecule has 0 bridgehead atoms. The summed E-state index contributed by atoms with van der Waals surface area (Å²) in [6.45, 7) is 7.40. The molecule has 2 aliphatic rings. The number of para-hydroxylation sites is 1. The molecular formula is C18H25ClN4O. The minimum atomic E-state index is 0. The van der Waals surface area contributed by atoms with Crippen LogP contribution in [0.1, 0.15) is 12.0 Å².